The summed E-state index contributed by atoms with van der Waals surface area (Å²) in [6, 6.07) is 7.66. The van der Waals surface area contributed by atoms with Gasteiger partial charge in [0.2, 0.25) is 11.8 Å². The summed E-state index contributed by atoms with van der Waals surface area (Å²) in [5.74, 6) is -2.02. The van der Waals surface area contributed by atoms with Crippen LogP contribution in [0.5, 0.6) is 0 Å². The maximum atomic E-state index is 11.4. The Labute approximate surface area is 304 Å². The standard InChI is InChI=1S/C14H20N2O2.C8H13NO4.C8H16O2.C3H8.2C2H6.CH5N/c1-10(17)14(15-3)8-12-6-4-5-7-13(12)9-16-11(2)18;1-5(3-7(11)12)8(13)9-4-6(2)10;1-4-6(2)8(5-9)7(3)10;1-3-2;3*1-2/h4-7,14-15H,8-9H2,1-3H3,(H,16,18);5H,3-4H2,1-2H3,(H,9,13)(H,11,12);5-8,10H,4H2,1-3H3;3H2,1-2H3;2*1-2H3;2H2,1H3/t14-;;;;;;/m0....../s1. The Morgan fingerprint density at radius 3 is 1.62 bits per heavy atom. The summed E-state index contributed by atoms with van der Waals surface area (Å²) in [6.07, 6.45) is 2.95. The van der Waals surface area contributed by atoms with E-state index in [2.05, 4.69) is 35.5 Å². The van der Waals surface area contributed by atoms with Crippen LogP contribution < -0.4 is 21.7 Å². The molecule has 294 valence electrons. The van der Waals surface area contributed by atoms with Crippen molar-refractivity contribution in [3.8, 4) is 0 Å². The van der Waals surface area contributed by atoms with Crippen LogP contribution in [-0.4, -0.2) is 78.6 Å². The molecule has 1 aromatic rings. The molecule has 0 radical (unpaired) electrons. The monoisotopic (exact) mass is 715 g/mol. The first kappa shape index (κ1) is 58.7. The van der Waals surface area contributed by atoms with E-state index in [-0.39, 0.29) is 48.3 Å². The van der Waals surface area contributed by atoms with E-state index < -0.39 is 23.9 Å². The van der Waals surface area contributed by atoms with Crippen molar-refractivity contribution < 1.29 is 39.0 Å². The average Bonchev–Trinajstić information content (AvgIpc) is 3.08. The van der Waals surface area contributed by atoms with Gasteiger partial charge in [0.25, 0.3) is 0 Å². The lowest BCUT2D eigenvalue weighted by Gasteiger charge is -2.19. The number of nitrogens with two attached hydrogens (primary N) is 1. The van der Waals surface area contributed by atoms with E-state index in [9.17, 15) is 28.8 Å². The average molecular weight is 715 g/mol. The van der Waals surface area contributed by atoms with Crippen LogP contribution in [0.15, 0.2) is 24.3 Å². The Balaban J connectivity index is -0.000000134. The number of carboxylic acid groups (broad SMARTS) is 1. The molecule has 5 atom stereocenters. The maximum absolute atomic E-state index is 11.4. The lowest BCUT2D eigenvalue weighted by atomic mass is 9.89. The second-order valence-corrected chi connectivity index (χ2v) is 10.8. The molecule has 4 unspecified atom stereocenters. The second-order valence-electron chi connectivity index (χ2n) is 10.8. The fraction of sp³-hybridized carbons (Fsp3) is 0.684. The number of aliphatic carboxylic acids is 1. The predicted octanol–water partition coefficient (Wildman–Crippen LogP) is 5.12. The topological polar surface area (TPSA) is 205 Å². The van der Waals surface area contributed by atoms with E-state index >= 15 is 0 Å². The molecular weight excluding hydrogens is 640 g/mol. The molecule has 12 nitrogen and oxygen atoms in total. The third kappa shape index (κ3) is 37.3. The molecule has 1 aromatic carbocycles. The van der Waals surface area contributed by atoms with Crippen molar-refractivity contribution in [3.63, 3.8) is 0 Å². The SMILES string of the molecule is CC.CC.CC(=O)CNC(=O)C(C)CC(=O)O.CCC.CCC(C)C(C=O)C(C)O.CN.CN[C@@H](Cc1ccccc1CNC(C)=O)C(C)=O. The van der Waals surface area contributed by atoms with Crippen LogP contribution in [0.4, 0.5) is 0 Å². The minimum absolute atomic E-state index is 0.0389. The van der Waals surface area contributed by atoms with Crippen molar-refractivity contribution in [2.24, 2.45) is 23.5 Å². The molecule has 0 saturated heterocycles. The number of hydrogen-bond acceptors (Lipinski definition) is 9. The van der Waals surface area contributed by atoms with Gasteiger partial charge in [0.05, 0.1) is 25.1 Å². The molecule has 0 bridgehead atoms. The summed E-state index contributed by atoms with van der Waals surface area (Å²) in [6.45, 7) is 24.3. The van der Waals surface area contributed by atoms with Crippen molar-refractivity contribution in [2.75, 3.05) is 20.6 Å². The van der Waals surface area contributed by atoms with E-state index in [1.54, 1.807) is 20.9 Å². The number of ketones is 2. The minimum atomic E-state index is -1.02. The van der Waals surface area contributed by atoms with Gasteiger partial charge in [-0.3, -0.25) is 24.0 Å². The highest BCUT2D eigenvalue weighted by Crippen LogP contribution is 2.16. The van der Waals surface area contributed by atoms with E-state index in [4.69, 9.17) is 10.2 Å². The van der Waals surface area contributed by atoms with Gasteiger partial charge in [0.15, 0.2) is 0 Å². The summed E-state index contributed by atoms with van der Waals surface area (Å²) in [7, 11) is 3.28. The molecule has 0 aromatic heterocycles. The number of aliphatic hydroxyl groups excluding tert-OH is 1. The molecule has 0 aliphatic heterocycles. The summed E-state index contributed by atoms with van der Waals surface area (Å²) >= 11 is 0. The van der Waals surface area contributed by atoms with Crippen LogP contribution in [0.2, 0.25) is 0 Å². The number of amides is 2. The van der Waals surface area contributed by atoms with Gasteiger partial charge < -0.3 is 36.7 Å². The first-order chi connectivity index (χ1) is 23.5. The number of rotatable bonds is 15. The van der Waals surface area contributed by atoms with Crippen LogP contribution in [0, 0.1) is 17.8 Å². The molecule has 0 heterocycles. The Morgan fingerprint density at radius 1 is 0.860 bits per heavy atom. The number of nitrogens with one attached hydrogen (secondary N) is 3. The third-order valence-corrected chi connectivity index (χ3v) is 6.36. The zero-order valence-electron chi connectivity index (χ0n) is 33.9. The number of carbonyl (C=O) groups excluding carboxylic acids is 5. The Bertz CT molecular complexity index is 1000. The molecule has 0 saturated carbocycles. The zero-order valence-corrected chi connectivity index (χ0v) is 33.9. The van der Waals surface area contributed by atoms with Gasteiger partial charge in [-0.25, -0.2) is 0 Å². The second kappa shape index (κ2) is 41.7. The molecule has 0 aliphatic rings. The number of hydrogen-bond donors (Lipinski definition) is 6. The molecule has 7 N–H and O–H groups in total. The zero-order chi connectivity index (χ0) is 40.8. The predicted molar refractivity (Wildman–Crippen MR) is 206 cm³/mol. The molecule has 12 heteroatoms. The summed E-state index contributed by atoms with van der Waals surface area (Å²) in [5, 5.41) is 25.6. The van der Waals surface area contributed by atoms with Crippen LogP contribution in [0.1, 0.15) is 120 Å². The highest BCUT2D eigenvalue weighted by atomic mass is 16.4. The Kier molecular flexibility index (Phi) is 49.0. The quantitative estimate of drug-likeness (QED) is 0.132. The normalized spacial score (nSPS) is 12.0. The molecule has 0 fully saturated rings. The highest BCUT2D eigenvalue weighted by Gasteiger charge is 2.19. The van der Waals surface area contributed by atoms with Crippen molar-refractivity contribution >= 4 is 35.6 Å². The van der Waals surface area contributed by atoms with Crippen molar-refractivity contribution in [1.82, 2.24) is 16.0 Å². The summed E-state index contributed by atoms with van der Waals surface area (Å²) in [5.41, 5.74) is 6.63. The Morgan fingerprint density at radius 2 is 1.32 bits per heavy atom. The van der Waals surface area contributed by atoms with E-state index in [1.807, 2.05) is 65.8 Å². The largest absolute Gasteiger partial charge is 0.481 e. The van der Waals surface area contributed by atoms with Crippen molar-refractivity contribution in [3.05, 3.63) is 35.4 Å². The van der Waals surface area contributed by atoms with Gasteiger partial charge in [0, 0.05) is 25.3 Å². The van der Waals surface area contributed by atoms with Crippen LogP contribution in [0.25, 0.3) is 0 Å². The lowest BCUT2D eigenvalue weighted by molar-refractivity contribution is -0.140. The number of aliphatic hydroxyl groups is 1. The summed E-state index contributed by atoms with van der Waals surface area (Å²) < 4.78 is 0. The Hall–Kier alpha value is -3.48. The number of carbonyl (C=O) groups is 6. The highest BCUT2D eigenvalue weighted by molar-refractivity contribution is 5.87. The van der Waals surface area contributed by atoms with Gasteiger partial charge in [-0.05, 0) is 58.3 Å². The van der Waals surface area contributed by atoms with Gasteiger partial charge in [-0.2, -0.15) is 0 Å². The molecule has 1 rings (SSSR count). The fourth-order valence-corrected chi connectivity index (χ4v) is 3.55. The number of benzene rings is 1. The molecule has 2 amide bonds. The van der Waals surface area contributed by atoms with Crippen LogP contribution >= 0.6 is 0 Å². The first-order valence-corrected chi connectivity index (χ1v) is 17.7. The van der Waals surface area contributed by atoms with Gasteiger partial charge in [-0.1, -0.05) is 99.4 Å². The molecular formula is C38H74N4O8. The van der Waals surface area contributed by atoms with Crippen LogP contribution in [-0.2, 0) is 41.7 Å². The number of Topliss-reactive ketones (excluding diaryl/α,β-unsaturated/α-hetero) is 2. The maximum Gasteiger partial charge on any atom is 0.304 e. The molecule has 0 spiro atoms. The van der Waals surface area contributed by atoms with Crippen molar-refractivity contribution in [2.45, 2.75) is 134 Å². The van der Waals surface area contributed by atoms with E-state index in [1.165, 1.54) is 34.2 Å². The van der Waals surface area contributed by atoms with Gasteiger partial charge >= 0.3 is 5.97 Å². The molecule has 0 aliphatic carbocycles. The van der Waals surface area contributed by atoms with E-state index in [0.29, 0.717) is 13.0 Å². The van der Waals surface area contributed by atoms with E-state index in [0.717, 1.165) is 23.8 Å². The van der Waals surface area contributed by atoms with Gasteiger partial charge in [0.1, 0.15) is 17.9 Å². The van der Waals surface area contributed by atoms with Crippen LogP contribution in [0.3, 0.4) is 0 Å². The number of aldehydes is 1. The lowest BCUT2D eigenvalue weighted by Crippen LogP contribution is -2.34. The minimum Gasteiger partial charge on any atom is -0.481 e. The number of likely N-dealkylation sites (N-methyl/N-ethyl adjacent to an activating group) is 1. The first-order valence-electron chi connectivity index (χ1n) is 17.7. The summed E-state index contributed by atoms with van der Waals surface area (Å²) in [4.78, 5) is 64.5. The van der Waals surface area contributed by atoms with Crippen molar-refractivity contribution in [1.29, 1.82) is 0 Å². The third-order valence-electron chi connectivity index (χ3n) is 6.36. The van der Waals surface area contributed by atoms with Gasteiger partial charge in [-0.15, -0.1) is 0 Å². The smallest absolute Gasteiger partial charge is 0.304 e. The molecule has 50 heavy (non-hydrogen) atoms. The number of carboxylic acids is 1. The fourth-order valence-electron chi connectivity index (χ4n) is 3.55.